The lowest BCUT2D eigenvalue weighted by Crippen LogP contribution is -2.49. The van der Waals surface area contributed by atoms with Crippen LogP contribution in [0.5, 0.6) is 5.75 Å². The molecule has 2 aromatic carbocycles. The Kier molecular flexibility index (Phi) is 8.43. The summed E-state index contributed by atoms with van der Waals surface area (Å²) in [4.78, 5) is 21.6. The van der Waals surface area contributed by atoms with Gasteiger partial charge in [0.2, 0.25) is 5.91 Å². The number of carbonyl (C=O) groups is 1. The van der Waals surface area contributed by atoms with Gasteiger partial charge in [0.05, 0.1) is 10.6 Å². The molecule has 0 saturated heterocycles. The molecule has 0 fully saturated rings. The van der Waals surface area contributed by atoms with Gasteiger partial charge in [0.1, 0.15) is 18.5 Å². The minimum atomic E-state index is -0.842. The molecule has 1 aliphatic rings. The van der Waals surface area contributed by atoms with Gasteiger partial charge in [-0.05, 0) is 37.6 Å². The van der Waals surface area contributed by atoms with E-state index < -0.39 is 11.0 Å². The highest BCUT2D eigenvalue weighted by molar-refractivity contribution is 6.34. The van der Waals surface area contributed by atoms with E-state index in [0.717, 1.165) is 17.0 Å². The van der Waals surface area contributed by atoms with Crippen LogP contribution in [0.1, 0.15) is 32.3 Å². The van der Waals surface area contributed by atoms with E-state index in [1.54, 1.807) is 0 Å². The van der Waals surface area contributed by atoms with Crippen LogP contribution in [0.2, 0.25) is 5.02 Å². The number of aliphatic hydroxyl groups is 1. The van der Waals surface area contributed by atoms with E-state index in [0.29, 0.717) is 19.4 Å². The highest BCUT2D eigenvalue weighted by Crippen LogP contribution is 2.33. The van der Waals surface area contributed by atoms with E-state index in [1.165, 1.54) is 18.2 Å². The predicted molar refractivity (Wildman–Crippen MR) is 131 cm³/mol. The molecule has 34 heavy (non-hydrogen) atoms. The van der Waals surface area contributed by atoms with E-state index >= 15 is 0 Å². The summed E-state index contributed by atoms with van der Waals surface area (Å²) >= 11 is 6.00. The van der Waals surface area contributed by atoms with Crippen molar-refractivity contribution in [3.05, 3.63) is 63.2 Å². The van der Waals surface area contributed by atoms with Crippen LogP contribution >= 0.6 is 11.6 Å². The number of nitro groups is 1. The van der Waals surface area contributed by atoms with E-state index in [-0.39, 0.29) is 41.1 Å². The number of ether oxygens (including phenoxy) is 1. The largest absolute Gasteiger partial charge is 0.489 e. The Morgan fingerprint density at radius 2 is 2.00 bits per heavy atom. The third-order valence-electron chi connectivity index (χ3n) is 5.24. The summed E-state index contributed by atoms with van der Waals surface area (Å²) in [6.45, 7) is 4.78. The standard InChI is InChI=1S/C23H28ClN5O5/c1-23(2,14-25-16-8-6-15(7-9-16)18-10-11-21(31)28-27-18)26-12-17(30)13-34-20-5-3-4-19(22(20)24)29(32)33/h3-9,17,25-26,30H,10-14H2,1-2H3,(H,28,31)/t17-/m0/s1. The van der Waals surface area contributed by atoms with Gasteiger partial charge in [0, 0.05) is 43.2 Å². The Hall–Kier alpha value is -3.21. The van der Waals surface area contributed by atoms with Crippen LogP contribution in [0, 0.1) is 10.1 Å². The molecular formula is C23H28ClN5O5. The van der Waals surface area contributed by atoms with Crippen molar-refractivity contribution in [2.45, 2.75) is 38.3 Å². The molecule has 1 aliphatic heterocycles. The molecule has 0 aliphatic carbocycles. The van der Waals surface area contributed by atoms with Gasteiger partial charge in [0.15, 0.2) is 5.02 Å². The number of β-amino-alcohol motifs (C(OH)–C–C–N with tert-alkyl or cyclic N) is 1. The van der Waals surface area contributed by atoms with Gasteiger partial charge in [0.25, 0.3) is 5.69 Å². The van der Waals surface area contributed by atoms with Crippen LogP contribution in [0.15, 0.2) is 47.6 Å². The average molecular weight is 490 g/mol. The van der Waals surface area contributed by atoms with Gasteiger partial charge in [-0.25, -0.2) is 5.43 Å². The number of anilines is 1. The maximum absolute atomic E-state index is 11.2. The topological polar surface area (TPSA) is 138 Å². The summed E-state index contributed by atoms with van der Waals surface area (Å²) in [6.07, 6.45) is 0.216. The first-order chi connectivity index (χ1) is 16.1. The van der Waals surface area contributed by atoms with Crippen molar-refractivity contribution in [3.63, 3.8) is 0 Å². The number of hydrazone groups is 1. The molecule has 0 spiro atoms. The first kappa shape index (κ1) is 25.4. The summed E-state index contributed by atoms with van der Waals surface area (Å²) < 4.78 is 5.48. The first-order valence-corrected chi connectivity index (χ1v) is 11.2. The number of hydrogen-bond acceptors (Lipinski definition) is 8. The SMILES string of the molecule is CC(C)(CNc1ccc(C2=NNC(=O)CC2)cc1)NC[C@H](O)COc1cccc([N+](=O)[O-])c1Cl. The number of aliphatic hydroxyl groups excluding tert-OH is 1. The Morgan fingerprint density at radius 3 is 2.65 bits per heavy atom. The Bertz CT molecular complexity index is 1060. The number of carbonyl (C=O) groups excluding carboxylic acids is 1. The molecule has 1 amide bonds. The zero-order chi connectivity index (χ0) is 24.7. The van der Waals surface area contributed by atoms with Gasteiger partial charge in [-0.3, -0.25) is 14.9 Å². The molecule has 1 atom stereocenters. The minimum absolute atomic E-state index is 0.0663. The Balaban J connectivity index is 1.44. The van der Waals surface area contributed by atoms with Crippen LogP contribution in [-0.4, -0.2) is 53.0 Å². The van der Waals surface area contributed by atoms with Gasteiger partial charge in [-0.1, -0.05) is 29.8 Å². The number of halogens is 1. The minimum Gasteiger partial charge on any atom is -0.489 e. The van der Waals surface area contributed by atoms with E-state index in [4.69, 9.17) is 16.3 Å². The smallest absolute Gasteiger partial charge is 0.291 e. The highest BCUT2D eigenvalue weighted by atomic mass is 35.5. The fourth-order valence-corrected chi connectivity index (χ4v) is 3.49. The molecule has 10 nitrogen and oxygen atoms in total. The molecule has 0 bridgehead atoms. The summed E-state index contributed by atoms with van der Waals surface area (Å²) in [5.74, 6) is 0.0853. The molecule has 11 heteroatoms. The quantitative estimate of drug-likeness (QED) is 0.281. The monoisotopic (exact) mass is 489 g/mol. The predicted octanol–water partition coefficient (Wildman–Crippen LogP) is 3.08. The summed E-state index contributed by atoms with van der Waals surface area (Å²) in [5, 5.41) is 31.9. The normalized spacial score (nSPS) is 14.7. The summed E-state index contributed by atoms with van der Waals surface area (Å²) in [5.41, 5.74) is 4.67. The first-order valence-electron chi connectivity index (χ1n) is 10.8. The molecule has 182 valence electrons. The third-order valence-corrected chi connectivity index (χ3v) is 5.62. The second-order valence-corrected chi connectivity index (χ2v) is 8.98. The molecule has 3 rings (SSSR count). The van der Waals surface area contributed by atoms with Gasteiger partial charge >= 0.3 is 0 Å². The average Bonchev–Trinajstić information content (AvgIpc) is 2.81. The van der Waals surface area contributed by atoms with Crippen molar-refractivity contribution in [2.75, 3.05) is 25.0 Å². The number of nitrogens with one attached hydrogen (secondary N) is 3. The second-order valence-electron chi connectivity index (χ2n) is 8.60. The lowest BCUT2D eigenvalue weighted by molar-refractivity contribution is -0.384. The second kappa shape index (κ2) is 11.3. The van der Waals surface area contributed by atoms with Gasteiger partial charge < -0.3 is 20.5 Å². The Labute approximate surface area is 202 Å². The van der Waals surface area contributed by atoms with Crippen LogP contribution in [0.4, 0.5) is 11.4 Å². The Morgan fingerprint density at radius 1 is 1.26 bits per heavy atom. The van der Waals surface area contributed by atoms with E-state index in [9.17, 15) is 20.0 Å². The molecule has 4 N–H and O–H groups in total. The number of nitrogens with zero attached hydrogens (tertiary/aromatic N) is 2. The molecule has 0 aromatic heterocycles. The lowest BCUT2D eigenvalue weighted by atomic mass is 10.0. The van der Waals surface area contributed by atoms with Crippen LogP contribution in [-0.2, 0) is 4.79 Å². The maximum Gasteiger partial charge on any atom is 0.291 e. The molecule has 0 saturated carbocycles. The van der Waals surface area contributed by atoms with Crippen LogP contribution in [0.3, 0.4) is 0 Å². The third kappa shape index (κ3) is 7.14. The maximum atomic E-state index is 11.2. The number of benzene rings is 2. The van der Waals surface area contributed by atoms with Crippen molar-refractivity contribution in [1.82, 2.24) is 10.7 Å². The van der Waals surface area contributed by atoms with Crippen molar-refractivity contribution < 1.29 is 19.6 Å². The van der Waals surface area contributed by atoms with Crippen molar-refractivity contribution in [1.29, 1.82) is 0 Å². The van der Waals surface area contributed by atoms with Gasteiger partial charge in [-0.2, -0.15) is 5.10 Å². The number of hydrogen-bond donors (Lipinski definition) is 4. The number of amides is 1. The number of rotatable bonds is 11. The molecule has 0 unspecified atom stereocenters. The molecule has 2 aromatic rings. The molecule has 1 heterocycles. The molecule has 0 radical (unpaired) electrons. The van der Waals surface area contributed by atoms with Crippen LogP contribution in [0.25, 0.3) is 0 Å². The van der Waals surface area contributed by atoms with E-state index in [2.05, 4.69) is 21.2 Å². The highest BCUT2D eigenvalue weighted by Gasteiger charge is 2.21. The zero-order valence-corrected chi connectivity index (χ0v) is 19.8. The summed E-state index contributed by atoms with van der Waals surface area (Å²) in [7, 11) is 0. The fourth-order valence-electron chi connectivity index (χ4n) is 3.24. The van der Waals surface area contributed by atoms with Crippen LogP contribution < -0.4 is 20.8 Å². The number of nitro benzene ring substituents is 1. The van der Waals surface area contributed by atoms with Crippen molar-refractivity contribution in [2.24, 2.45) is 5.10 Å². The fraction of sp³-hybridized carbons (Fsp3) is 0.391. The lowest BCUT2D eigenvalue weighted by Gasteiger charge is -2.28. The van der Waals surface area contributed by atoms with E-state index in [1.807, 2.05) is 38.1 Å². The molecular weight excluding hydrogens is 462 g/mol. The van der Waals surface area contributed by atoms with Crippen molar-refractivity contribution >= 4 is 34.6 Å². The van der Waals surface area contributed by atoms with Gasteiger partial charge in [-0.15, -0.1) is 0 Å². The summed E-state index contributed by atoms with van der Waals surface area (Å²) in [6, 6.07) is 12.1. The zero-order valence-electron chi connectivity index (χ0n) is 19.0. The van der Waals surface area contributed by atoms with Crippen molar-refractivity contribution in [3.8, 4) is 5.75 Å².